The van der Waals surface area contributed by atoms with Gasteiger partial charge in [0.15, 0.2) is 0 Å². The average molecular weight is 455 g/mol. The molecule has 7 heteroatoms. The third-order valence-corrected chi connectivity index (χ3v) is 8.60. The zero-order chi connectivity index (χ0) is 22.9. The van der Waals surface area contributed by atoms with E-state index in [0.717, 1.165) is 34.7 Å². The Bertz CT molecular complexity index is 1110. The first-order chi connectivity index (χ1) is 15.3. The molecule has 0 spiro atoms. The summed E-state index contributed by atoms with van der Waals surface area (Å²) in [7, 11) is -4.08. The smallest absolute Gasteiger partial charge is 0.267 e. The van der Waals surface area contributed by atoms with Crippen molar-refractivity contribution in [1.82, 2.24) is 9.21 Å². The first-order valence-electron chi connectivity index (χ1n) is 11.2. The van der Waals surface area contributed by atoms with Gasteiger partial charge in [-0.15, -0.1) is 0 Å². The second kappa shape index (κ2) is 9.06. The number of likely N-dealkylation sites (tertiary alicyclic amines) is 1. The third kappa shape index (κ3) is 4.44. The SMILES string of the molecule is Cc1ccc(S(=O)(=O)N2C(=O)CC[C@H]2C(=O)N2CCC(Cc3ccccc3)CC2)cc1C. The lowest BCUT2D eigenvalue weighted by Crippen LogP contribution is -2.51. The first-order valence-corrected chi connectivity index (χ1v) is 12.7. The van der Waals surface area contributed by atoms with Crippen molar-refractivity contribution in [3.63, 3.8) is 0 Å². The number of aryl methyl sites for hydroxylation is 2. The number of carbonyl (C=O) groups is 2. The second-order valence-corrected chi connectivity index (χ2v) is 10.8. The molecule has 2 aromatic carbocycles. The minimum atomic E-state index is -4.08. The van der Waals surface area contributed by atoms with E-state index in [2.05, 4.69) is 12.1 Å². The maximum absolute atomic E-state index is 13.3. The summed E-state index contributed by atoms with van der Waals surface area (Å²) in [5.74, 6) is -0.246. The Labute approximate surface area is 190 Å². The quantitative estimate of drug-likeness (QED) is 0.693. The molecule has 6 nitrogen and oxygen atoms in total. The monoisotopic (exact) mass is 454 g/mol. The van der Waals surface area contributed by atoms with Crippen LogP contribution in [0.1, 0.15) is 42.4 Å². The van der Waals surface area contributed by atoms with Crippen LogP contribution in [0.15, 0.2) is 53.4 Å². The van der Waals surface area contributed by atoms with Gasteiger partial charge in [0.05, 0.1) is 4.90 Å². The number of carbonyl (C=O) groups excluding carboxylic acids is 2. The molecule has 2 heterocycles. The van der Waals surface area contributed by atoms with Gasteiger partial charge in [-0.1, -0.05) is 36.4 Å². The minimum Gasteiger partial charge on any atom is -0.341 e. The van der Waals surface area contributed by atoms with Crippen LogP contribution in [-0.2, 0) is 26.0 Å². The fourth-order valence-electron chi connectivity index (χ4n) is 4.69. The van der Waals surface area contributed by atoms with Crippen molar-refractivity contribution in [2.75, 3.05) is 13.1 Å². The highest BCUT2D eigenvalue weighted by atomic mass is 32.2. The zero-order valence-corrected chi connectivity index (χ0v) is 19.5. The maximum atomic E-state index is 13.3. The standard InChI is InChI=1S/C25H30N2O4S/c1-18-8-9-22(16-19(18)2)32(30,31)27-23(10-11-24(27)28)25(29)26-14-12-21(13-15-26)17-20-6-4-3-5-7-20/h3-9,16,21,23H,10-15,17H2,1-2H3/t23-/m0/s1. The molecular weight excluding hydrogens is 424 g/mol. The Hall–Kier alpha value is -2.67. The highest BCUT2D eigenvalue weighted by Gasteiger charge is 2.46. The van der Waals surface area contributed by atoms with Crippen LogP contribution in [0.4, 0.5) is 0 Å². The highest BCUT2D eigenvalue weighted by molar-refractivity contribution is 7.89. The summed E-state index contributed by atoms with van der Waals surface area (Å²) < 4.78 is 27.4. The number of nitrogens with zero attached hydrogens (tertiary/aromatic N) is 2. The highest BCUT2D eigenvalue weighted by Crippen LogP contribution is 2.31. The Morgan fingerprint density at radius 3 is 2.31 bits per heavy atom. The van der Waals surface area contributed by atoms with Crippen molar-refractivity contribution < 1.29 is 18.0 Å². The number of rotatable bonds is 5. The molecule has 0 aromatic heterocycles. The molecule has 2 aliphatic rings. The van der Waals surface area contributed by atoms with Crippen molar-refractivity contribution in [1.29, 1.82) is 0 Å². The molecule has 2 aliphatic heterocycles. The second-order valence-electron chi connectivity index (χ2n) is 8.95. The maximum Gasteiger partial charge on any atom is 0.267 e. The van der Waals surface area contributed by atoms with Gasteiger partial charge in [-0.25, -0.2) is 12.7 Å². The van der Waals surface area contributed by atoms with E-state index in [0.29, 0.717) is 19.0 Å². The van der Waals surface area contributed by atoms with E-state index in [4.69, 9.17) is 0 Å². The van der Waals surface area contributed by atoms with Crippen molar-refractivity contribution in [3.05, 3.63) is 65.2 Å². The average Bonchev–Trinajstić information content (AvgIpc) is 3.18. The summed E-state index contributed by atoms with van der Waals surface area (Å²) in [6.45, 7) is 4.93. The molecule has 0 unspecified atom stereocenters. The van der Waals surface area contributed by atoms with Crippen molar-refractivity contribution in [2.45, 2.75) is 56.9 Å². The van der Waals surface area contributed by atoms with Gasteiger partial charge in [0.25, 0.3) is 10.0 Å². The first kappa shape index (κ1) is 22.5. The van der Waals surface area contributed by atoms with Crippen LogP contribution in [-0.4, -0.2) is 48.6 Å². The molecule has 1 atom stereocenters. The molecule has 0 radical (unpaired) electrons. The molecule has 2 amide bonds. The van der Waals surface area contributed by atoms with E-state index in [9.17, 15) is 18.0 Å². The Morgan fingerprint density at radius 1 is 0.969 bits per heavy atom. The van der Waals surface area contributed by atoms with Gasteiger partial charge in [0.2, 0.25) is 11.8 Å². The van der Waals surface area contributed by atoms with Crippen LogP contribution in [0.25, 0.3) is 0 Å². The Morgan fingerprint density at radius 2 is 1.66 bits per heavy atom. The summed E-state index contributed by atoms with van der Waals surface area (Å²) in [6.07, 6.45) is 3.06. The van der Waals surface area contributed by atoms with Crippen LogP contribution in [0.2, 0.25) is 0 Å². The van der Waals surface area contributed by atoms with Gasteiger partial charge < -0.3 is 4.90 Å². The predicted octanol–water partition coefficient (Wildman–Crippen LogP) is 3.46. The van der Waals surface area contributed by atoms with Crippen LogP contribution >= 0.6 is 0 Å². The largest absolute Gasteiger partial charge is 0.341 e. The topological polar surface area (TPSA) is 74.8 Å². The molecule has 4 rings (SSSR count). The lowest BCUT2D eigenvalue weighted by atomic mass is 9.90. The van der Waals surface area contributed by atoms with Gasteiger partial charge in [-0.2, -0.15) is 0 Å². The predicted molar refractivity (Wildman–Crippen MR) is 122 cm³/mol. The molecule has 2 saturated heterocycles. The van der Waals surface area contributed by atoms with E-state index in [1.165, 1.54) is 11.6 Å². The molecule has 0 aliphatic carbocycles. The normalized spacial score (nSPS) is 20.1. The van der Waals surface area contributed by atoms with Gasteiger partial charge >= 0.3 is 0 Å². The minimum absolute atomic E-state index is 0.0650. The van der Waals surface area contributed by atoms with Gasteiger partial charge in [0, 0.05) is 19.5 Å². The molecule has 0 N–H and O–H groups in total. The summed E-state index contributed by atoms with van der Waals surface area (Å²) in [5.41, 5.74) is 3.10. The van der Waals surface area contributed by atoms with E-state index in [1.54, 1.807) is 17.0 Å². The van der Waals surface area contributed by atoms with Crippen LogP contribution in [0, 0.1) is 19.8 Å². The Kier molecular flexibility index (Phi) is 6.38. The summed E-state index contributed by atoms with van der Waals surface area (Å²) in [6, 6.07) is 14.2. The van der Waals surface area contributed by atoms with E-state index >= 15 is 0 Å². The van der Waals surface area contributed by atoms with Crippen LogP contribution in [0.3, 0.4) is 0 Å². The fraction of sp³-hybridized carbons (Fsp3) is 0.440. The van der Waals surface area contributed by atoms with Gasteiger partial charge in [0.1, 0.15) is 6.04 Å². The third-order valence-electron chi connectivity index (χ3n) is 6.77. The number of hydrogen-bond donors (Lipinski definition) is 0. The summed E-state index contributed by atoms with van der Waals surface area (Å²) >= 11 is 0. The Balaban J connectivity index is 1.46. The van der Waals surface area contributed by atoms with E-state index < -0.39 is 22.0 Å². The molecule has 2 fully saturated rings. The van der Waals surface area contributed by atoms with Crippen molar-refractivity contribution >= 4 is 21.8 Å². The molecule has 2 aromatic rings. The van der Waals surface area contributed by atoms with Crippen LogP contribution < -0.4 is 0 Å². The number of piperidine rings is 1. The van der Waals surface area contributed by atoms with Crippen molar-refractivity contribution in [2.24, 2.45) is 5.92 Å². The zero-order valence-electron chi connectivity index (χ0n) is 18.7. The molecule has 0 bridgehead atoms. The van der Waals surface area contributed by atoms with Crippen molar-refractivity contribution in [3.8, 4) is 0 Å². The van der Waals surface area contributed by atoms with Gasteiger partial charge in [-0.05, 0) is 74.3 Å². The van der Waals surface area contributed by atoms with E-state index in [-0.39, 0.29) is 23.6 Å². The van der Waals surface area contributed by atoms with E-state index in [1.807, 2.05) is 32.0 Å². The lowest BCUT2D eigenvalue weighted by molar-refractivity contribution is -0.139. The van der Waals surface area contributed by atoms with Crippen LogP contribution in [0.5, 0.6) is 0 Å². The molecule has 32 heavy (non-hydrogen) atoms. The summed E-state index contributed by atoms with van der Waals surface area (Å²) in [5, 5.41) is 0. The van der Waals surface area contributed by atoms with Gasteiger partial charge in [-0.3, -0.25) is 9.59 Å². The number of benzene rings is 2. The fourth-order valence-corrected chi connectivity index (χ4v) is 6.37. The molecule has 0 saturated carbocycles. The summed E-state index contributed by atoms with van der Waals surface area (Å²) in [4.78, 5) is 27.7. The lowest BCUT2D eigenvalue weighted by Gasteiger charge is -2.35. The number of amides is 2. The molecule has 170 valence electrons. The molecular formula is C25H30N2O4S. The number of hydrogen-bond acceptors (Lipinski definition) is 4. The number of sulfonamides is 1.